The fourth-order valence-corrected chi connectivity index (χ4v) is 5.79. The minimum Gasteiger partial charge on any atom is -0.494 e. The maximum Gasteiger partial charge on any atom is 0.234 e. The molecule has 0 spiro atoms. The second kappa shape index (κ2) is 10.5. The average Bonchev–Trinajstić information content (AvgIpc) is 3.50. The molecule has 1 atom stereocenters. The number of hydrogen-bond acceptors (Lipinski definition) is 7. The van der Waals surface area contributed by atoms with Crippen LogP contribution in [-0.4, -0.2) is 74.7 Å². The minimum absolute atomic E-state index is 0.109. The number of fused-ring (bicyclic) bond motifs is 1. The first kappa shape index (κ1) is 24.6. The summed E-state index contributed by atoms with van der Waals surface area (Å²) in [6, 6.07) is 9.65. The maximum absolute atomic E-state index is 13.9. The van der Waals surface area contributed by atoms with Gasteiger partial charge >= 0.3 is 0 Å². The van der Waals surface area contributed by atoms with Gasteiger partial charge in [0.25, 0.3) is 0 Å². The summed E-state index contributed by atoms with van der Waals surface area (Å²) >= 11 is 1.47. The van der Waals surface area contributed by atoms with Gasteiger partial charge in [-0.3, -0.25) is 19.4 Å². The fourth-order valence-electron chi connectivity index (χ4n) is 4.71. The van der Waals surface area contributed by atoms with Gasteiger partial charge in [0, 0.05) is 44.8 Å². The van der Waals surface area contributed by atoms with Crippen LogP contribution in [0, 0.1) is 18.7 Å². The Morgan fingerprint density at radius 2 is 1.97 bits per heavy atom. The van der Waals surface area contributed by atoms with E-state index in [-0.39, 0.29) is 30.6 Å². The fraction of sp³-hybridized carbons (Fsp3) is 0.423. The van der Waals surface area contributed by atoms with Crippen LogP contribution in [-0.2, 0) is 14.3 Å². The van der Waals surface area contributed by atoms with Gasteiger partial charge in [-0.1, -0.05) is 17.4 Å². The molecule has 36 heavy (non-hydrogen) atoms. The van der Waals surface area contributed by atoms with Crippen LogP contribution < -0.4 is 14.5 Å². The van der Waals surface area contributed by atoms with Crippen LogP contribution >= 0.6 is 11.3 Å². The van der Waals surface area contributed by atoms with Crippen LogP contribution in [0.15, 0.2) is 36.4 Å². The van der Waals surface area contributed by atoms with Crippen molar-refractivity contribution >= 4 is 44.2 Å². The highest BCUT2D eigenvalue weighted by molar-refractivity contribution is 7.22. The Hall–Kier alpha value is -3.08. The standard InChI is InChI=1S/C26H29FN4O4S/c1-17-3-8-21(34-2)23-24(17)36-26(28-23)30(10-9-29-11-13-35-14-12-29)25(33)18-15-22(32)31(16-18)20-6-4-19(27)5-7-20/h3-8,18H,9-16H2,1-2H3. The Morgan fingerprint density at radius 3 is 2.69 bits per heavy atom. The molecule has 1 aromatic heterocycles. The number of rotatable bonds is 7. The molecule has 2 saturated heterocycles. The molecule has 2 aliphatic heterocycles. The van der Waals surface area contributed by atoms with Gasteiger partial charge in [0.2, 0.25) is 11.8 Å². The van der Waals surface area contributed by atoms with Gasteiger partial charge < -0.3 is 14.4 Å². The molecule has 0 bridgehead atoms. The predicted octanol–water partition coefficient (Wildman–Crippen LogP) is 3.47. The summed E-state index contributed by atoms with van der Waals surface area (Å²) in [5, 5.41) is 0.601. The van der Waals surface area contributed by atoms with Gasteiger partial charge in [-0.2, -0.15) is 0 Å². The van der Waals surface area contributed by atoms with E-state index in [9.17, 15) is 14.0 Å². The molecule has 2 aliphatic rings. The van der Waals surface area contributed by atoms with E-state index in [2.05, 4.69) is 4.90 Å². The lowest BCUT2D eigenvalue weighted by Crippen LogP contribution is -2.45. The number of morpholine rings is 1. The summed E-state index contributed by atoms with van der Waals surface area (Å²) in [5.41, 5.74) is 2.39. The number of halogens is 1. The number of carbonyl (C=O) groups is 2. The van der Waals surface area contributed by atoms with Crippen molar-refractivity contribution < 1.29 is 23.5 Å². The number of aryl methyl sites for hydroxylation is 1. The number of aromatic nitrogens is 1. The molecule has 1 unspecified atom stereocenters. The smallest absolute Gasteiger partial charge is 0.234 e. The third kappa shape index (κ3) is 4.93. The van der Waals surface area contributed by atoms with Crippen LogP contribution in [0.2, 0.25) is 0 Å². The highest BCUT2D eigenvalue weighted by atomic mass is 32.1. The number of hydrogen-bond donors (Lipinski definition) is 0. The van der Waals surface area contributed by atoms with Crippen LogP contribution in [0.3, 0.4) is 0 Å². The first-order chi connectivity index (χ1) is 17.4. The third-order valence-corrected chi connectivity index (χ3v) is 7.98. The Bertz CT molecular complexity index is 1260. The van der Waals surface area contributed by atoms with Crippen molar-refractivity contribution in [2.45, 2.75) is 13.3 Å². The van der Waals surface area contributed by atoms with Crippen LogP contribution in [0.1, 0.15) is 12.0 Å². The SMILES string of the molecule is COc1ccc(C)c2sc(N(CCN3CCOCC3)C(=O)C3CC(=O)N(c4ccc(F)cc4)C3)nc12. The summed E-state index contributed by atoms with van der Waals surface area (Å²) in [4.78, 5) is 37.1. The Morgan fingerprint density at radius 1 is 1.22 bits per heavy atom. The van der Waals surface area contributed by atoms with Crippen molar-refractivity contribution in [2.24, 2.45) is 5.92 Å². The van der Waals surface area contributed by atoms with E-state index >= 15 is 0 Å². The minimum atomic E-state index is -0.512. The van der Waals surface area contributed by atoms with Gasteiger partial charge in [-0.05, 0) is 42.8 Å². The van der Waals surface area contributed by atoms with E-state index in [1.807, 2.05) is 19.1 Å². The zero-order valence-corrected chi connectivity index (χ0v) is 21.2. The largest absolute Gasteiger partial charge is 0.494 e. The highest BCUT2D eigenvalue weighted by Crippen LogP contribution is 2.37. The summed E-state index contributed by atoms with van der Waals surface area (Å²) in [6.45, 7) is 6.39. The van der Waals surface area contributed by atoms with E-state index in [4.69, 9.17) is 14.5 Å². The zero-order chi connectivity index (χ0) is 25.2. The van der Waals surface area contributed by atoms with Crippen molar-refractivity contribution in [3.8, 4) is 5.75 Å². The molecule has 2 aromatic carbocycles. The molecule has 0 saturated carbocycles. The second-order valence-electron chi connectivity index (χ2n) is 9.08. The number of thiazole rings is 1. The molecule has 0 aliphatic carbocycles. The van der Waals surface area contributed by atoms with Crippen molar-refractivity contribution in [1.29, 1.82) is 0 Å². The second-order valence-corrected chi connectivity index (χ2v) is 10.1. The number of nitrogens with zero attached hydrogens (tertiary/aromatic N) is 4. The van der Waals surface area contributed by atoms with E-state index in [0.29, 0.717) is 42.9 Å². The highest BCUT2D eigenvalue weighted by Gasteiger charge is 2.38. The molecule has 8 nitrogen and oxygen atoms in total. The van der Waals surface area contributed by atoms with E-state index in [1.54, 1.807) is 29.0 Å². The number of benzene rings is 2. The van der Waals surface area contributed by atoms with Gasteiger partial charge in [0.05, 0.1) is 30.9 Å². The molecule has 3 heterocycles. The Kier molecular flexibility index (Phi) is 7.17. The van der Waals surface area contributed by atoms with Crippen molar-refractivity contribution in [2.75, 3.05) is 62.8 Å². The van der Waals surface area contributed by atoms with Gasteiger partial charge in [-0.15, -0.1) is 0 Å². The van der Waals surface area contributed by atoms with Crippen molar-refractivity contribution in [3.63, 3.8) is 0 Å². The summed E-state index contributed by atoms with van der Waals surface area (Å²) in [6.07, 6.45) is 0.109. The van der Waals surface area contributed by atoms with E-state index in [0.717, 1.165) is 28.9 Å². The first-order valence-electron chi connectivity index (χ1n) is 12.1. The molecule has 5 rings (SSSR count). The molecule has 0 radical (unpaired) electrons. The number of amides is 2. The van der Waals surface area contributed by atoms with E-state index in [1.165, 1.54) is 23.5 Å². The topological polar surface area (TPSA) is 75.2 Å². The molecule has 2 fully saturated rings. The lowest BCUT2D eigenvalue weighted by atomic mass is 10.1. The summed E-state index contributed by atoms with van der Waals surface area (Å²) < 4.78 is 25.3. The molecule has 2 amide bonds. The monoisotopic (exact) mass is 512 g/mol. The molecule has 3 aromatic rings. The van der Waals surface area contributed by atoms with Gasteiger partial charge in [0.1, 0.15) is 17.1 Å². The summed E-state index contributed by atoms with van der Waals surface area (Å²) in [7, 11) is 1.61. The molecular formula is C26H29FN4O4S. The Labute approximate surface area is 213 Å². The van der Waals surface area contributed by atoms with Crippen molar-refractivity contribution in [1.82, 2.24) is 9.88 Å². The molecule has 190 valence electrons. The molecule has 10 heteroatoms. The van der Waals surface area contributed by atoms with Gasteiger partial charge in [0.15, 0.2) is 5.13 Å². The third-order valence-electron chi connectivity index (χ3n) is 6.77. The van der Waals surface area contributed by atoms with Crippen LogP contribution in [0.25, 0.3) is 10.2 Å². The quantitative estimate of drug-likeness (QED) is 0.483. The van der Waals surface area contributed by atoms with Gasteiger partial charge in [-0.25, -0.2) is 9.37 Å². The van der Waals surface area contributed by atoms with E-state index < -0.39 is 5.92 Å². The van der Waals surface area contributed by atoms with Crippen LogP contribution in [0.5, 0.6) is 5.75 Å². The van der Waals surface area contributed by atoms with Crippen molar-refractivity contribution in [3.05, 3.63) is 47.8 Å². The number of anilines is 2. The lowest BCUT2D eigenvalue weighted by Gasteiger charge is -2.30. The average molecular weight is 513 g/mol. The Balaban J connectivity index is 1.42. The molecular weight excluding hydrogens is 483 g/mol. The van der Waals surface area contributed by atoms with Crippen LogP contribution in [0.4, 0.5) is 15.2 Å². The maximum atomic E-state index is 13.9. The normalized spacial score (nSPS) is 18.7. The number of ether oxygens (including phenoxy) is 2. The number of carbonyl (C=O) groups excluding carboxylic acids is 2. The predicted molar refractivity (Wildman–Crippen MR) is 137 cm³/mol. The number of methoxy groups -OCH3 is 1. The zero-order valence-electron chi connectivity index (χ0n) is 20.4. The summed E-state index contributed by atoms with van der Waals surface area (Å²) in [5.74, 6) is -0.486. The lowest BCUT2D eigenvalue weighted by molar-refractivity contribution is -0.124. The molecule has 0 N–H and O–H groups in total. The first-order valence-corrected chi connectivity index (χ1v) is 12.9.